The first-order valence-corrected chi connectivity index (χ1v) is 20.2. The molecule has 0 aromatic heterocycles. The van der Waals surface area contributed by atoms with Crippen molar-refractivity contribution in [2.24, 2.45) is 11.8 Å². The van der Waals surface area contributed by atoms with Gasteiger partial charge in [0, 0.05) is 51.6 Å². The number of ether oxygens (including phenoxy) is 7. The molecule has 0 amide bonds. The van der Waals surface area contributed by atoms with Gasteiger partial charge in [-0.2, -0.15) is 0 Å². The van der Waals surface area contributed by atoms with Gasteiger partial charge in [0.25, 0.3) is 0 Å². The molecule has 58 heavy (non-hydrogen) atoms. The molecule has 3 aliphatic heterocycles. The molecule has 14 nitrogen and oxygen atoms in total. The van der Waals surface area contributed by atoms with Gasteiger partial charge in [-0.1, -0.05) is 67.0 Å². The summed E-state index contributed by atoms with van der Waals surface area (Å²) < 4.78 is 40.5. The fourth-order valence-corrected chi connectivity index (χ4v) is 7.80. The average molecular weight is 823 g/mol. The molecule has 0 aliphatic carbocycles. The molecule has 0 radical (unpaired) electrons. The summed E-state index contributed by atoms with van der Waals surface area (Å²) in [4.78, 5) is 13.7. The van der Waals surface area contributed by atoms with Gasteiger partial charge in [-0.05, 0) is 66.0 Å². The first kappa shape index (κ1) is 49.8. The van der Waals surface area contributed by atoms with Crippen LogP contribution in [-0.4, -0.2) is 144 Å². The largest absolute Gasteiger partial charge is 0.456 e. The fourth-order valence-electron chi connectivity index (χ4n) is 7.80. The van der Waals surface area contributed by atoms with Crippen molar-refractivity contribution in [1.29, 1.82) is 0 Å². The van der Waals surface area contributed by atoms with E-state index in [1.807, 2.05) is 65.0 Å². The van der Waals surface area contributed by atoms with Crippen molar-refractivity contribution in [3.8, 4) is 0 Å². The van der Waals surface area contributed by atoms with E-state index < -0.39 is 85.2 Å². The third kappa shape index (κ3) is 13.5. The highest BCUT2D eigenvalue weighted by Gasteiger charge is 2.50. The van der Waals surface area contributed by atoms with Crippen LogP contribution in [0.5, 0.6) is 0 Å². The molecule has 1 saturated heterocycles. The molecule has 15 atom stereocenters. The van der Waals surface area contributed by atoms with Gasteiger partial charge in [0.1, 0.15) is 30.5 Å². The number of aliphatic hydroxyl groups is 6. The number of esters is 1. The van der Waals surface area contributed by atoms with E-state index in [1.165, 1.54) is 21.3 Å². The Hall–Kier alpha value is -2.57. The van der Waals surface area contributed by atoms with Gasteiger partial charge >= 0.3 is 5.97 Å². The first-order valence-electron chi connectivity index (χ1n) is 20.2. The van der Waals surface area contributed by atoms with Gasteiger partial charge in [0.15, 0.2) is 6.29 Å². The number of cyclic esters (lactones) is 1. The van der Waals surface area contributed by atoms with Crippen molar-refractivity contribution in [2.45, 2.75) is 160 Å². The Bertz CT molecular complexity index is 1520. The second kappa shape index (κ2) is 22.9. The predicted octanol–water partition coefficient (Wildman–Crippen LogP) is 3.73. The van der Waals surface area contributed by atoms with Gasteiger partial charge in [-0.3, -0.25) is 0 Å². The second-order valence-corrected chi connectivity index (χ2v) is 16.2. The van der Waals surface area contributed by atoms with Crippen molar-refractivity contribution in [1.82, 2.24) is 0 Å². The molecule has 3 rings (SSSR count). The summed E-state index contributed by atoms with van der Waals surface area (Å²) in [7, 11) is 4.32. The lowest BCUT2D eigenvalue weighted by Crippen LogP contribution is -2.58. The van der Waals surface area contributed by atoms with Crippen LogP contribution in [0.15, 0.2) is 70.4 Å². The maximum absolute atomic E-state index is 13.7. The SMILES string of the molecule is COC[C@H](O)C[C@H]1O[C@@](O)([C@H](O)[C@@H]2C[C@H](OC)[C@@H](O)CC/C=C(C)/C=C/[C@@H](O[C@@H]3O[C@@H](C)[C@H](OC)[C@@H](O)[C@@H]3O)[C@H](C)/C=C(C)/C=C(C)/C=C(\C)C(=O)O2)C(C)=C[C@H]1C. The quantitative estimate of drug-likeness (QED) is 0.137. The Labute approximate surface area is 344 Å². The molecule has 330 valence electrons. The molecular formula is C44H70O14. The second-order valence-electron chi connectivity index (χ2n) is 16.2. The smallest absolute Gasteiger partial charge is 0.334 e. The van der Waals surface area contributed by atoms with Gasteiger partial charge in [-0.25, -0.2) is 4.79 Å². The Morgan fingerprint density at radius 3 is 2.22 bits per heavy atom. The molecule has 0 saturated carbocycles. The lowest BCUT2D eigenvalue weighted by atomic mass is 9.85. The molecule has 0 aromatic rings. The van der Waals surface area contributed by atoms with Crippen LogP contribution in [0.4, 0.5) is 0 Å². The standard InChI is InChI=1S/C44H70O14/c1-24-13-12-14-33(46)36(53-10)22-37(41(49)44(51)30(7)20-28(5)35(58-44)21-32(45)23-52-9)56-42(50)29(6)19-26(3)17-25(2)18-27(4)34(16-15-24)57-43-39(48)38(47)40(54-11)31(8)55-43/h13,15-20,27-28,31-41,43,45-49,51H,12,14,21-23H2,1-11H3/b16-15+,24-13+,25-18+,26-17+,29-19+/t27-,28-,31+,32-,33+,34-,35-,36+,37+,38+,39+,40+,41-,43+,44-/m1/s1. The molecule has 0 bridgehead atoms. The molecule has 14 heteroatoms. The van der Waals surface area contributed by atoms with Crippen LogP contribution in [-0.2, 0) is 38.0 Å². The van der Waals surface area contributed by atoms with Crippen molar-refractivity contribution in [3.05, 3.63) is 70.4 Å². The summed E-state index contributed by atoms with van der Waals surface area (Å²) in [6, 6.07) is 0. The van der Waals surface area contributed by atoms with Crippen LogP contribution < -0.4 is 0 Å². The zero-order chi connectivity index (χ0) is 43.5. The molecule has 0 spiro atoms. The van der Waals surface area contributed by atoms with Crippen LogP contribution in [0.25, 0.3) is 0 Å². The molecule has 0 unspecified atom stereocenters. The zero-order valence-corrected chi connectivity index (χ0v) is 36.1. The van der Waals surface area contributed by atoms with Crippen molar-refractivity contribution in [3.63, 3.8) is 0 Å². The summed E-state index contributed by atoms with van der Waals surface area (Å²) in [6.07, 6.45) is 1.24. The molecule has 0 aromatic carbocycles. The number of carbonyl (C=O) groups is 1. The molecule has 3 aliphatic rings. The van der Waals surface area contributed by atoms with Gasteiger partial charge in [0.05, 0.1) is 43.2 Å². The van der Waals surface area contributed by atoms with Crippen molar-refractivity contribution in [2.75, 3.05) is 27.9 Å². The van der Waals surface area contributed by atoms with E-state index in [4.69, 9.17) is 33.2 Å². The summed E-state index contributed by atoms with van der Waals surface area (Å²) in [5.74, 6) is -3.53. The third-order valence-corrected chi connectivity index (χ3v) is 11.2. The van der Waals surface area contributed by atoms with Crippen LogP contribution in [0.2, 0.25) is 0 Å². The summed E-state index contributed by atoms with van der Waals surface area (Å²) in [6.45, 7) is 14.5. The number of allylic oxidation sites excluding steroid dienone is 7. The normalized spacial score (nSPS) is 41.8. The van der Waals surface area contributed by atoms with Gasteiger partial charge in [-0.15, -0.1) is 0 Å². The molecule has 1 fully saturated rings. The minimum Gasteiger partial charge on any atom is -0.456 e. The zero-order valence-electron chi connectivity index (χ0n) is 36.1. The number of aliphatic hydroxyl groups excluding tert-OH is 5. The van der Waals surface area contributed by atoms with Crippen molar-refractivity contribution < 1.29 is 68.6 Å². The number of methoxy groups -OCH3 is 3. The maximum Gasteiger partial charge on any atom is 0.334 e. The van der Waals surface area contributed by atoms with Crippen LogP contribution in [0.3, 0.4) is 0 Å². The Kier molecular flexibility index (Phi) is 19.6. The van der Waals surface area contributed by atoms with E-state index in [-0.39, 0.29) is 43.3 Å². The molecule has 6 N–H and O–H groups in total. The fraction of sp³-hybridized carbons (Fsp3) is 0.705. The highest BCUT2D eigenvalue weighted by molar-refractivity contribution is 5.88. The minimum absolute atomic E-state index is 0.0552. The Morgan fingerprint density at radius 1 is 0.897 bits per heavy atom. The van der Waals surface area contributed by atoms with E-state index in [2.05, 4.69) is 0 Å². The van der Waals surface area contributed by atoms with Gasteiger partial charge < -0.3 is 63.8 Å². The summed E-state index contributed by atoms with van der Waals surface area (Å²) in [5.41, 5.74) is 2.95. The number of carbonyl (C=O) groups excluding carboxylic acids is 1. The number of hydrogen-bond donors (Lipinski definition) is 6. The lowest BCUT2D eigenvalue weighted by molar-refractivity contribution is -0.305. The van der Waals surface area contributed by atoms with E-state index in [9.17, 15) is 35.4 Å². The van der Waals surface area contributed by atoms with E-state index in [0.29, 0.717) is 17.6 Å². The number of rotatable bonds is 10. The number of hydrogen-bond acceptors (Lipinski definition) is 14. The summed E-state index contributed by atoms with van der Waals surface area (Å²) in [5, 5.41) is 67.3. The van der Waals surface area contributed by atoms with Crippen LogP contribution >= 0.6 is 0 Å². The first-order chi connectivity index (χ1) is 27.2. The summed E-state index contributed by atoms with van der Waals surface area (Å²) >= 11 is 0. The Balaban J connectivity index is 2.00. The Morgan fingerprint density at radius 2 is 1.59 bits per heavy atom. The highest BCUT2D eigenvalue weighted by Crippen LogP contribution is 2.38. The highest BCUT2D eigenvalue weighted by atomic mass is 16.7. The predicted molar refractivity (Wildman–Crippen MR) is 217 cm³/mol. The lowest BCUT2D eigenvalue weighted by Gasteiger charge is -2.45. The van der Waals surface area contributed by atoms with E-state index >= 15 is 0 Å². The van der Waals surface area contributed by atoms with Crippen LogP contribution in [0, 0.1) is 11.8 Å². The topological polar surface area (TPSA) is 203 Å². The minimum atomic E-state index is -2.29. The average Bonchev–Trinajstić information content (AvgIpc) is 3.15. The van der Waals surface area contributed by atoms with Gasteiger partial charge in [0.2, 0.25) is 5.79 Å². The molecule has 3 heterocycles. The maximum atomic E-state index is 13.7. The van der Waals surface area contributed by atoms with Crippen LogP contribution in [0.1, 0.15) is 81.1 Å². The monoisotopic (exact) mass is 822 g/mol. The van der Waals surface area contributed by atoms with Crippen molar-refractivity contribution >= 4 is 5.97 Å². The van der Waals surface area contributed by atoms with E-state index in [1.54, 1.807) is 32.9 Å². The molecular weight excluding hydrogens is 752 g/mol. The third-order valence-electron chi connectivity index (χ3n) is 11.2. The van der Waals surface area contributed by atoms with E-state index in [0.717, 1.165) is 11.1 Å².